The summed E-state index contributed by atoms with van der Waals surface area (Å²) in [5, 5.41) is 28.9. The maximum Gasteiger partial charge on any atom is 0.138 e. The molecule has 0 atom stereocenters. The van der Waals surface area contributed by atoms with Crippen molar-refractivity contribution in [2.45, 2.75) is 97.4 Å². The fourth-order valence-corrected chi connectivity index (χ4v) is 4.02. The van der Waals surface area contributed by atoms with Crippen LogP contribution in [0.2, 0.25) is 0 Å². The van der Waals surface area contributed by atoms with Crippen LogP contribution < -0.4 is 0 Å². The lowest BCUT2D eigenvalue weighted by Gasteiger charge is -2.24. The molecule has 0 saturated carbocycles. The minimum atomic E-state index is -0.0894. The van der Waals surface area contributed by atoms with Crippen LogP contribution in [0, 0.1) is 0 Å². The van der Waals surface area contributed by atoms with Crippen LogP contribution >= 0.6 is 0 Å². The summed E-state index contributed by atoms with van der Waals surface area (Å²) < 4.78 is 4.15. The molecule has 9 heteroatoms. The number of aromatic nitrogens is 9. The zero-order chi connectivity index (χ0) is 23.0. The molecule has 0 bridgehead atoms. The van der Waals surface area contributed by atoms with E-state index in [-0.39, 0.29) is 16.2 Å². The smallest absolute Gasteiger partial charge is 0.138 e. The SMILES string of the molecule is Cn1c(CCn2nnc(CCC(C)(C)c3cn[nH]n3)c2C(C)(C)C)nnc1C(C)(C)C. The van der Waals surface area contributed by atoms with Crippen LogP contribution in [0.25, 0.3) is 0 Å². The second kappa shape index (κ2) is 8.16. The molecule has 0 amide bonds. The number of nitrogens with one attached hydrogen (secondary N) is 1. The molecular formula is C22H37N9. The van der Waals surface area contributed by atoms with Gasteiger partial charge < -0.3 is 4.57 Å². The fourth-order valence-electron chi connectivity index (χ4n) is 4.02. The number of H-pyrrole nitrogens is 1. The highest BCUT2D eigenvalue weighted by atomic mass is 15.4. The molecule has 3 rings (SSSR count). The molecule has 0 aliphatic rings. The molecule has 3 aromatic heterocycles. The second-order valence-corrected chi connectivity index (χ2v) is 11.1. The Morgan fingerprint density at radius 3 is 2.16 bits per heavy atom. The standard InChI is InChI=1S/C22H37N9/c1-20(2,3)18-15(10-12-22(7,8)16-14-23-28-25-16)24-29-31(18)13-11-17-26-27-19(30(17)9)21(4,5)6/h14H,10-13H2,1-9H3,(H,23,25,28). The maximum atomic E-state index is 4.57. The highest BCUT2D eigenvalue weighted by Crippen LogP contribution is 2.30. The largest absolute Gasteiger partial charge is 0.318 e. The molecule has 0 aliphatic heterocycles. The Bertz CT molecular complexity index is 995. The average molecular weight is 428 g/mol. The van der Waals surface area contributed by atoms with Gasteiger partial charge in [0.2, 0.25) is 0 Å². The van der Waals surface area contributed by atoms with Crippen molar-refractivity contribution < 1.29 is 0 Å². The van der Waals surface area contributed by atoms with E-state index in [0.717, 1.165) is 48.8 Å². The number of nitrogens with zero attached hydrogens (tertiary/aromatic N) is 8. The van der Waals surface area contributed by atoms with Crippen LogP contribution in [0.3, 0.4) is 0 Å². The van der Waals surface area contributed by atoms with E-state index in [9.17, 15) is 0 Å². The number of hydrogen-bond acceptors (Lipinski definition) is 6. The van der Waals surface area contributed by atoms with Crippen molar-refractivity contribution in [1.29, 1.82) is 0 Å². The van der Waals surface area contributed by atoms with Gasteiger partial charge in [0.1, 0.15) is 11.6 Å². The van der Waals surface area contributed by atoms with Crippen molar-refractivity contribution in [2.24, 2.45) is 7.05 Å². The van der Waals surface area contributed by atoms with E-state index in [2.05, 4.69) is 95.9 Å². The molecular weight excluding hydrogens is 390 g/mol. The van der Waals surface area contributed by atoms with Gasteiger partial charge in [-0.15, -0.1) is 15.3 Å². The van der Waals surface area contributed by atoms with Gasteiger partial charge in [0.15, 0.2) is 0 Å². The molecule has 0 radical (unpaired) electrons. The van der Waals surface area contributed by atoms with Gasteiger partial charge in [0.25, 0.3) is 0 Å². The summed E-state index contributed by atoms with van der Waals surface area (Å²) in [6, 6.07) is 0. The Morgan fingerprint density at radius 1 is 0.903 bits per heavy atom. The van der Waals surface area contributed by atoms with Crippen molar-refractivity contribution in [3.63, 3.8) is 0 Å². The number of hydrogen-bond donors (Lipinski definition) is 1. The Morgan fingerprint density at radius 2 is 1.61 bits per heavy atom. The lowest BCUT2D eigenvalue weighted by molar-refractivity contribution is 0.450. The first-order valence-corrected chi connectivity index (χ1v) is 11.0. The predicted octanol–water partition coefficient (Wildman–Crippen LogP) is 3.27. The van der Waals surface area contributed by atoms with Gasteiger partial charge in [-0.05, 0) is 12.8 Å². The van der Waals surface area contributed by atoms with Gasteiger partial charge in [0.05, 0.1) is 29.8 Å². The van der Waals surface area contributed by atoms with Crippen molar-refractivity contribution in [2.75, 3.05) is 0 Å². The molecule has 31 heavy (non-hydrogen) atoms. The summed E-state index contributed by atoms with van der Waals surface area (Å²) in [5.74, 6) is 1.96. The van der Waals surface area contributed by atoms with E-state index in [1.54, 1.807) is 6.20 Å². The molecule has 3 aromatic rings. The normalized spacial score (nSPS) is 13.2. The Balaban J connectivity index is 1.78. The van der Waals surface area contributed by atoms with Crippen LogP contribution in [-0.2, 0) is 42.7 Å². The monoisotopic (exact) mass is 427 g/mol. The molecule has 0 unspecified atom stereocenters. The van der Waals surface area contributed by atoms with E-state index in [1.807, 2.05) is 11.7 Å². The maximum absolute atomic E-state index is 4.57. The zero-order valence-corrected chi connectivity index (χ0v) is 20.5. The molecule has 0 fully saturated rings. The van der Waals surface area contributed by atoms with Crippen LogP contribution in [0.1, 0.15) is 90.5 Å². The summed E-state index contributed by atoms with van der Waals surface area (Å²) in [4.78, 5) is 0. The third kappa shape index (κ3) is 5.02. The van der Waals surface area contributed by atoms with Crippen LogP contribution in [0.5, 0.6) is 0 Å². The molecule has 0 saturated heterocycles. The molecule has 0 aromatic carbocycles. The van der Waals surface area contributed by atoms with Gasteiger partial charge in [0, 0.05) is 29.7 Å². The summed E-state index contributed by atoms with van der Waals surface area (Å²) in [5.41, 5.74) is 3.02. The van der Waals surface area contributed by atoms with Crippen molar-refractivity contribution >= 4 is 0 Å². The van der Waals surface area contributed by atoms with Gasteiger partial charge in [-0.3, -0.25) is 0 Å². The topological polar surface area (TPSA) is 103 Å². The van der Waals surface area contributed by atoms with Gasteiger partial charge >= 0.3 is 0 Å². The summed E-state index contributed by atoms with van der Waals surface area (Å²) in [6.45, 7) is 18.2. The van der Waals surface area contributed by atoms with Crippen molar-refractivity contribution in [1.82, 2.24) is 45.2 Å². The molecule has 0 spiro atoms. The van der Waals surface area contributed by atoms with Gasteiger partial charge in [-0.25, -0.2) is 4.68 Å². The first-order chi connectivity index (χ1) is 14.3. The van der Waals surface area contributed by atoms with Crippen LogP contribution in [-0.4, -0.2) is 45.2 Å². The van der Waals surface area contributed by atoms with E-state index in [0.29, 0.717) is 0 Å². The lowest BCUT2D eigenvalue weighted by atomic mass is 9.82. The van der Waals surface area contributed by atoms with Gasteiger partial charge in [-0.2, -0.15) is 15.4 Å². The van der Waals surface area contributed by atoms with Gasteiger partial charge in [-0.1, -0.05) is 60.6 Å². The summed E-state index contributed by atoms with van der Waals surface area (Å²) in [6.07, 6.45) is 4.31. The molecule has 170 valence electrons. The minimum Gasteiger partial charge on any atom is -0.318 e. The Hall–Kier alpha value is -2.58. The van der Waals surface area contributed by atoms with Crippen LogP contribution in [0.15, 0.2) is 6.20 Å². The number of aromatic amines is 1. The third-order valence-electron chi connectivity index (χ3n) is 5.79. The van der Waals surface area contributed by atoms with E-state index >= 15 is 0 Å². The minimum absolute atomic E-state index is 0.0341. The highest BCUT2D eigenvalue weighted by Gasteiger charge is 2.29. The first-order valence-electron chi connectivity index (χ1n) is 11.0. The van der Waals surface area contributed by atoms with Crippen LogP contribution in [0.4, 0.5) is 0 Å². The molecule has 1 N–H and O–H groups in total. The van der Waals surface area contributed by atoms with E-state index in [4.69, 9.17) is 0 Å². The Kier molecular flexibility index (Phi) is 6.08. The molecule has 0 aliphatic carbocycles. The van der Waals surface area contributed by atoms with E-state index in [1.165, 1.54) is 5.69 Å². The summed E-state index contributed by atoms with van der Waals surface area (Å²) in [7, 11) is 2.04. The second-order valence-electron chi connectivity index (χ2n) is 11.1. The van der Waals surface area contributed by atoms with Crippen molar-refractivity contribution in [3.8, 4) is 0 Å². The molecule has 9 nitrogen and oxygen atoms in total. The lowest BCUT2D eigenvalue weighted by Crippen LogP contribution is -2.23. The van der Waals surface area contributed by atoms with E-state index < -0.39 is 0 Å². The zero-order valence-electron chi connectivity index (χ0n) is 20.5. The summed E-state index contributed by atoms with van der Waals surface area (Å²) >= 11 is 0. The number of rotatable bonds is 7. The highest BCUT2D eigenvalue weighted by molar-refractivity contribution is 5.21. The quantitative estimate of drug-likeness (QED) is 0.621. The first kappa shape index (κ1) is 23.1. The number of aryl methyl sites for hydroxylation is 3. The molecule has 3 heterocycles. The van der Waals surface area contributed by atoms with Crippen molar-refractivity contribution in [3.05, 3.63) is 34.9 Å². The average Bonchev–Trinajstić information content (AvgIpc) is 3.37. The Labute approximate surface area is 185 Å². The third-order valence-corrected chi connectivity index (χ3v) is 5.79. The predicted molar refractivity (Wildman–Crippen MR) is 120 cm³/mol. The fraction of sp³-hybridized carbons (Fsp3) is 0.727.